The van der Waals surface area contributed by atoms with E-state index in [9.17, 15) is 9.59 Å². The Hall–Kier alpha value is -2.58. The smallest absolute Gasteiger partial charge is 0.338 e. The molecule has 0 aromatic heterocycles. The summed E-state index contributed by atoms with van der Waals surface area (Å²) in [6, 6.07) is 7.63. The summed E-state index contributed by atoms with van der Waals surface area (Å²) in [7, 11) is 1.56. The number of nitrogens with one attached hydrogen (secondary N) is 1. The van der Waals surface area contributed by atoms with Crippen LogP contribution in [0.4, 0.5) is 0 Å². The SMILES string of the molecule is CCNC(=O)CC1=CSC2=NC(C)=C(C(=O)OCCOC)C(c3ccc(C)cc3)N12. The zero-order valence-electron chi connectivity index (χ0n) is 17.7. The molecule has 160 valence electrons. The first-order valence-corrected chi connectivity index (χ1v) is 10.8. The van der Waals surface area contributed by atoms with Gasteiger partial charge >= 0.3 is 5.97 Å². The van der Waals surface area contributed by atoms with Gasteiger partial charge in [0.15, 0.2) is 5.17 Å². The van der Waals surface area contributed by atoms with Gasteiger partial charge in [0, 0.05) is 19.4 Å². The third kappa shape index (κ3) is 4.76. The van der Waals surface area contributed by atoms with Gasteiger partial charge in [0.25, 0.3) is 0 Å². The van der Waals surface area contributed by atoms with Crippen LogP contribution in [0.25, 0.3) is 0 Å². The number of thioether (sulfide) groups is 1. The molecule has 1 aromatic carbocycles. The molecule has 7 nitrogen and oxygen atoms in total. The molecule has 0 bridgehead atoms. The predicted molar refractivity (Wildman–Crippen MR) is 118 cm³/mol. The molecule has 8 heteroatoms. The van der Waals surface area contributed by atoms with E-state index in [1.165, 1.54) is 11.8 Å². The molecule has 0 saturated carbocycles. The number of hydrogen-bond acceptors (Lipinski definition) is 7. The molecule has 0 aliphatic carbocycles. The van der Waals surface area contributed by atoms with Crippen molar-refractivity contribution in [1.82, 2.24) is 10.2 Å². The Kier molecular flexibility index (Phi) is 7.33. The second-order valence-corrected chi connectivity index (χ2v) is 7.90. The predicted octanol–water partition coefficient (Wildman–Crippen LogP) is 3.29. The van der Waals surface area contributed by atoms with E-state index in [1.54, 1.807) is 7.11 Å². The van der Waals surface area contributed by atoms with Crippen LogP contribution >= 0.6 is 11.8 Å². The Labute approximate surface area is 181 Å². The summed E-state index contributed by atoms with van der Waals surface area (Å²) < 4.78 is 10.4. The number of carbonyl (C=O) groups is 2. The van der Waals surface area contributed by atoms with Gasteiger partial charge in [-0.3, -0.25) is 4.79 Å². The summed E-state index contributed by atoms with van der Waals surface area (Å²) in [5.74, 6) is -0.490. The highest BCUT2D eigenvalue weighted by atomic mass is 32.2. The van der Waals surface area contributed by atoms with Crippen LogP contribution in [-0.2, 0) is 19.1 Å². The molecule has 0 saturated heterocycles. The van der Waals surface area contributed by atoms with Crippen LogP contribution in [0.3, 0.4) is 0 Å². The second-order valence-electron chi connectivity index (χ2n) is 7.06. The van der Waals surface area contributed by atoms with E-state index in [0.717, 1.165) is 22.0 Å². The molecule has 30 heavy (non-hydrogen) atoms. The first kappa shape index (κ1) is 22.1. The van der Waals surface area contributed by atoms with Crippen LogP contribution in [0.1, 0.15) is 37.4 Å². The number of carbonyl (C=O) groups excluding carboxylic acids is 2. The molecule has 1 atom stereocenters. The molecule has 3 rings (SSSR count). The molecule has 0 spiro atoms. The van der Waals surface area contributed by atoms with Crippen molar-refractivity contribution >= 4 is 28.8 Å². The van der Waals surface area contributed by atoms with Gasteiger partial charge in [-0.15, -0.1) is 0 Å². The highest BCUT2D eigenvalue weighted by molar-refractivity contribution is 8.16. The Morgan fingerprint density at radius 1 is 1.20 bits per heavy atom. The summed E-state index contributed by atoms with van der Waals surface area (Å²) in [5.41, 5.74) is 3.97. The van der Waals surface area contributed by atoms with Crippen molar-refractivity contribution < 1.29 is 19.1 Å². The number of aryl methyl sites for hydroxylation is 1. The van der Waals surface area contributed by atoms with Crippen LogP contribution in [-0.4, -0.2) is 48.8 Å². The summed E-state index contributed by atoms with van der Waals surface area (Å²) in [6.45, 7) is 6.78. The Bertz CT molecular complexity index is 905. The minimum Gasteiger partial charge on any atom is -0.460 e. The molecule has 1 aromatic rings. The molecule has 1 unspecified atom stereocenters. The van der Waals surface area contributed by atoms with Crippen LogP contribution in [0.5, 0.6) is 0 Å². The first-order chi connectivity index (χ1) is 14.5. The quantitative estimate of drug-likeness (QED) is 0.505. The zero-order valence-corrected chi connectivity index (χ0v) is 18.5. The van der Waals surface area contributed by atoms with Gasteiger partial charge in [-0.2, -0.15) is 0 Å². The van der Waals surface area contributed by atoms with Crippen molar-refractivity contribution in [3.8, 4) is 0 Å². The lowest BCUT2D eigenvalue weighted by Gasteiger charge is -2.36. The largest absolute Gasteiger partial charge is 0.460 e. The van der Waals surface area contributed by atoms with Gasteiger partial charge in [0.05, 0.1) is 30.3 Å². The van der Waals surface area contributed by atoms with E-state index in [0.29, 0.717) is 24.4 Å². The normalized spacial score (nSPS) is 18.0. The van der Waals surface area contributed by atoms with Gasteiger partial charge in [-0.25, -0.2) is 9.79 Å². The lowest BCUT2D eigenvalue weighted by Crippen LogP contribution is -2.38. The topological polar surface area (TPSA) is 80.2 Å². The average Bonchev–Trinajstić information content (AvgIpc) is 3.10. The van der Waals surface area contributed by atoms with Crippen molar-refractivity contribution in [3.05, 3.63) is 57.8 Å². The number of rotatable bonds is 8. The first-order valence-electron chi connectivity index (χ1n) is 9.90. The molecule has 2 aliphatic heterocycles. The number of amides is 1. The summed E-state index contributed by atoms with van der Waals surface area (Å²) in [6.07, 6.45) is 0.216. The van der Waals surface area contributed by atoms with Crippen molar-refractivity contribution in [2.45, 2.75) is 33.2 Å². The van der Waals surface area contributed by atoms with E-state index < -0.39 is 12.0 Å². The third-order valence-corrected chi connectivity index (χ3v) is 5.74. The van der Waals surface area contributed by atoms with E-state index in [2.05, 4.69) is 10.3 Å². The van der Waals surface area contributed by atoms with Gasteiger partial charge in [0.2, 0.25) is 5.91 Å². The monoisotopic (exact) mass is 429 g/mol. The molecular formula is C22H27N3O4S. The highest BCUT2D eigenvalue weighted by Gasteiger charge is 2.41. The van der Waals surface area contributed by atoms with E-state index in [1.807, 2.05) is 55.3 Å². The van der Waals surface area contributed by atoms with Crippen LogP contribution in [0.2, 0.25) is 0 Å². The van der Waals surface area contributed by atoms with Crippen LogP contribution < -0.4 is 5.32 Å². The molecule has 2 aliphatic rings. The zero-order chi connectivity index (χ0) is 21.7. The van der Waals surface area contributed by atoms with Gasteiger partial charge in [-0.05, 0) is 31.7 Å². The number of nitrogens with zero attached hydrogens (tertiary/aromatic N) is 2. The van der Waals surface area contributed by atoms with Crippen molar-refractivity contribution in [3.63, 3.8) is 0 Å². The third-order valence-electron chi connectivity index (χ3n) is 4.85. The number of amidine groups is 1. The lowest BCUT2D eigenvalue weighted by molar-refractivity contribution is -0.141. The lowest BCUT2D eigenvalue weighted by atomic mass is 9.93. The fourth-order valence-electron chi connectivity index (χ4n) is 3.41. The molecular weight excluding hydrogens is 402 g/mol. The maximum atomic E-state index is 13.0. The minimum atomic E-state index is -0.424. The molecule has 2 heterocycles. The fraction of sp³-hybridized carbons (Fsp3) is 0.409. The molecule has 0 fully saturated rings. The van der Waals surface area contributed by atoms with Crippen LogP contribution in [0, 0.1) is 6.92 Å². The van der Waals surface area contributed by atoms with Gasteiger partial charge < -0.3 is 19.7 Å². The molecule has 1 N–H and O–H groups in total. The molecule has 1 amide bonds. The standard InChI is InChI=1S/C22H27N3O4S/c1-5-23-18(26)12-17-13-30-22-24-15(3)19(21(27)29-11-10-28-4)20(25(17)22)16-8-6-14(2)7-9-16/h6-9,13,20H,5,10-12H2,1-4H3,(H,23,26). The van der Waals surface area contributed by atoms with Gasteiger partial charge in [0.1, 0.15) is 6.61 Å². The summed E-state index contributed by atoms with van der Waals surface area (Å²) in [4.78, 5) is 31.9. The fourth-order valence-corrected chi connectivity index (χ4v) is 4.38. The number of benzene rings is 1. The highest BCUT2D eigenvalue weighted by Crippen LogP contribution is 2.44. The number of ether oxygens (including phenoxy) is 2. The van der Waals surface area contributed by atoms with E-state index in [4.69, 9.17) is 9.47 Å². The Morgan fingerprint density at radius 3 is 2.60 bits per heavy atom. The summed E-state index contributed by atoms with van der Waals surface area (Å²) >= 11 is 1.46. The van der Waals surface area contributed by atoms with Crippen molar-refractivity contribution in [2.75, 3.05) is 26.9 Å². The van der Waals surface area contributed by atoms with Crippen molar-refractivity contribution in [2.24, 2.45) is 4.99 Å². The Morgan fingerprint density at radius 2 is 1.93 bits per heavy atom. The van der Waals surface area contributed by atoms with Crippen molar-refractivity contribution in [1.29, 1.82) is 0 Å². The summed E-state index contributed by atoms with van der Waals surface area (Å²) in [5, 5.41) is 5.52. The number of methoxy groups -OCH3 is 1. The Balaban J connectivity index is 1.99. The van der Waals surface area contributed by atoms with Crippen LogP contribution in [0.15, 0.2) is 51.6 Å². The number of aliphatic imine (C=N–C) groups is 1. The van der Waals surface area contributed by atoms with E-state index >= 15 is 0 Å². The van der Waals surface area contributed by atoms with Gasteiger partial charge in [-0.1, -0.05) is 41.6 Å². The molecule has 0 radical (unpaired) electrons. The number of allylic oxidation sites excluding steroid dienone is 1. The average molecular weight is 430 g/mol. The number of esters is 1. The van der Waals surface area contributed by atoms with E-state index in [-0.39, 0.29) is 18.9 Å². The maximum absolute atomic E-state index is 13.0. The number of hydrogen-bond donors (Lipinski definition) is 1. The number of fused-ring (bicyclic) bond motifs is 1. The second kappa shape index (κ2) is 9.95. The maximum Gasteiger partial charge on any atom is 0.338 e. The minimum absolute atomic E-state index is 0.0660.